The van der Waals surface area contributed by atoms with Crippen molar-refractivity contribution < 1.29 is 18.9 Å². The Kier molecular flexibility index (Phi) is 3.51. The van der Waals surface area contributed by atoms with Gasteiger partial charge in [-0.3, -0.25) is 4.52 Å². The molecule has 0 aromatic rings. The van der Waals surface area contributed by atoms with Gasteiger partial charge in [0.25, 0.3) is 0 Å². The van der Waals surface area contributed by atoms with Crippen LogP contribution in [0, 0.1) is 0 Å². The molecule has 0 aliphatic heterocycles. The van der Waals surface area contributed by atoms with E-state index in [4.69, 9.17) is 9.79 Å². The third-order valence-corrected chi connectivity index (χ3v) is 1.53. The van der Waals surface area contributed by atoms with Crippen molar-refractivity contribution in [3.8, 4) is 0 Å². The molecule has 4 nitrogen and oxygen atoms in total. The van der Waals surface area contributed by atoms with Gasteiger partial charge >= 0.3 is 7.82 Å². The molecule has 0 heterocycles. The zero-order chi connectivity index (χ0) is 7.49. The summed E-state index contributed by atoms with van der Waals surface area (Å²) in [5.41, 5.74) is 0. The fraction of sp³-hybridized carbons (Fsp3) is 1.00. The summed E-state index contributed by atoms with van der Waals surface area (Å²) in [6, 6.07) is -0.370. The van der Waals surface area contributed by atoms with E-state index < -0.39 is 7.82 Å². The van der Waals surface area contributed by atoms with Crippen LogP contribution in [-0.2, 0) is 9.09 Å². The topological polar surface area (TPSA) is 66.8 Å². The fourth-order valence-electron chi connectivity index (χ4n) is 0.309. The summed E-state index contributed by atoms with van der Waals surface area (Å²) < 4.78 is 14.3. The maximum absolute atomic E-state index is 10.1. The molecule has 0 saturated heterocycles. The fourth-order valence-corrected chi connectivity index (χ4v) is 0.927. The molecule has 52 valence electrons. The van der Waals surface area contributed by atoms with Crippen LogP contribution in [0.25, 0.3) is 0 Å². The second-order valence-corrected chi connectivity index (χ2v) is 3.01. The molecule has 9 heavy (non-hydrogen) atoms. The number of rotatable bonds is 3. The normalized spacial score (nSPS) is 15.3. The molecule has 0 radical (unpaired) electrons. The first-order valence-corrected chi connectivity index (χ1v) is 4.22. The second kappa shape index (κ2) is 3.42. The van der Waals surface area contributed by atoms with Gasteiger partial charge in [-0.15, -0.1) is 0 Å². The third-order valence-electron chi connectivity index (χ3n) is 0.892. The van der Waals surface area contributed by atoms with E-state index >= 15 is 0 Å². The molecule has 0 spiro atoms. The van der Waals surface area contributed by atoms with Crippen molar-refractivity contribution in [2.75, 3.05) is 0 Å². The van der Waals surface area contributed by atoms with Crippen molar-refractivity contribution in [2.45, 2.75) is 12.3 Å². The molecule has 2 N–H and O–H groups in total. The first kappa shape index (κ1) is 9.24. The van der Waals surface area contributed by atoms with Crippen LogP contribution in [0.5, 0.6) is 0 Å². The lowest BCUT2D eigenvalue weighted by Gasteiger charge is -2.09. The standard InChI is InChI=1S/C2H9B2O4P/c3-1-2(4)8-9(5,6)7/h2H,1,3-4H2,(H2,5,6,7). The van der Waals surface area contributed by atoms with E-state index in [9.17, 15) is 4.57 Å². The van der Waals surface area contributed by atoms with Crippen molar-refractivity contribution in [2.24, 2.45) is 0 Å². The Morgan fingerprint density at radius 3 is 2.22 bits per heavy atom. The molecule has 0 saturated carbocycles. The molecule has 0 aromatic heterocycles. The SMILES string of the molecule is BCC(B)OP(=O)(O)O. The van der Waals surface area contributed by atoms with Crippen molar-refractivity contribution in [3.63, 3.8) is 0 Å². The Balaban J connectivity index is 3.60. The highest BCUT2D eigenvalue weighted by molar-refractivity contribution is 7.46. The van der Waals surface area contributed by atoms with E-state index in [1.54, 1.807) is 15.7 Å². The van der Waals surface area contributed by atoms with E-state index in [0.717, 1.165) is 0 Å². The summed E-state index contributed by atoms with van der Waals surface area (Å²) in [5.74, 6) is 0. The van der Waals surface area contributed by atoms with Gasteiger partial charge in [-0.2, -0.15) is 0 Å². The second-order valence-electron chi connectivity index (χ2n) is 1.81. The minimum absolute atomic E-state index is 0.370. The van der Waals surface area contributed by atoms with Crippen LogP contribution in [0.3, 0.4) is 0 Å². The molecule has 1 unspecified atom stereocenters. The molecular weight excluding hydrogens is 141 g/mol. The lowest BCUT2D eigenvalue weighted by atomic mass is 9.87. The lowest BCUT2D eigenvalue weighted by molar-refractivity contribution is 0.187. The minimum atomic E-state index is -4.24. The van der Waals surface area contributed by atoms with Gasteiger partial charge in [0.05, 0.1) is 0 Å². The Morgan fingerprint density at radius 2 is 2.11 bits per heavy atom. The first-order valence-electron chi connectivity index (χ1n) is 2.69. The highest BCUT2D eigenvalue weighted by atomic mass is 31.2. The monoisotopic (exact) mass is 150 g/mol. The van der Waals surface area contributed by atoms with Gasteiger partial charge in [-0.05, 0) is 0 Å². The minimum Gasteiger partial charge on any atom is -0.303 e. The maximum Gasteiger partial charge on any atom is 0.469 e. The molecule has 0 fully saturated rings. The molecule has 0 aliphatic carbocycles. The zero-order valence-electron chi connectivity index (χ0n) is 5.44. The average Bonchev–Trinajstić information content (AvgIpc) is 1.62. The van der Waals surface area contributed by atoms with Crippen LogP contribution in [0.4, 0.5) is 0 Å². The van der Waals surface area contributed by atoms with Crippen LogP contribution >= 0.6 is 7.82 Å². The molecule has 0 amide bonds. The number of phosphoric ester groups is 1. The predicted molar refractivity (Wildman–Crippen MR) is 38.8 cm³/mol. The summed E-state index contributed by atoms with van der Waals surface area (Å²) in [6.07, 6.45) is 0.602. The van der Waals surface area contributed by atoms with Gasteiger partial charge in [0.15, 0.2) is 0 Å². The van der Waals surface area contributed by atoms with Gasteiger partial charge in [-0.1, -0.05) is 6.32 Å². The van der Waals surface area contributed by atoms with Crippen LogP contribution in [0.15, 0.2) is 0 Å². The van der Waals surface area contributed by atoms with Crippen LogP contribution in [0.2, 0.25) is 6.32 Å². The number of phosphoric acid groups is 1. The predicted octanol–water partition coefficient (Wildman–Crippen LogP) is -1.89. The largest absolute Gasteiger partial charge is 0.469 e. The van der Waals surface area contributed by atoms with Gasteiger partial charge in [0, 0.05) is 6.00 Å². The quantitative estimate of drug-likeness (QED) is 0.364. The van der Waals surface area contributed by atoms with E-state index in [0.29, 0.717) is 6.32 Å². The van der Waals surface area contributed by atoms with E-state index in [2.05, 4.69) is 4.52 Å². The van der Waals surface area contributed by atoms with E-state index in [-0.39, 0.29) is 6.00 Å². The lowest BCUT2D eigenvalue weighted by Crippen LogP contribution is -2.09. The first-order chi connectivity index (χ1) is 3.95. The number of hydrogen-bond acceptors (Lipinski definition) is 2. The van der Waals surface area contributed by atoms with Gasteiger partial charge in [0.2, 0.25) is 0 Å². The Morgan fingerprint density at radius 1 is 1.67 bits per heavy atom. The van der Waals surface area contributed by atoms with Crippen molar-refractivity contribution >= 4 is 23.5 Å². The molecule has 0 bridgehead atoms. The Bertz CT molecular complexity index is 122. The Hall–Kier alpha value is 0.240. The maximum atomic E-state index is 10.1. The molecule has 7 heteroatoms. The molecule has 0 aliphatic rings. The van der Waals surface area contributed by atoms with Gasteiger partial charge in [-0.25, -0.2) is 4.57 Å². The average molecular weight is 150 g/mol. The summed E-state index contributed by atoms with van der Waals surface area (Å²) in [6.45, 7) is 0. The van der Waals surface area contributed by atoms with Crippen molar-refractivity contribution in [3.05, 3.63) is 0 Å². The Labute approximate surface area is 55.7 Å². The highest BCUT2D eigenvalue weighted by Crippen LogP contribution is 2.37. The van der Waals surface area contributed by atoms with Crippen molar-refractivity contribution in [1.29, 1.82) is 0 Å². The summed E-state index contributed by atoms with van der Waals surface area (Å²) in [5, 5.41) is 0. The van der Waals surface area contributed by atoms with Crippen LogP contribution in [-0.4, -0.2) is 31.5 Å². The summed E-state index contributed by atoms with van der Waals surface area (Å²) in [7, 11) is -0.836. The van der Waals surface area contributed by atoms with E-state index in [1.807, 2.05) is 0 Å². The van der Waals surface area contributed by atoms with Crippen LogP contribution < -0.4 is 0 Å². The zero-order valence-corrected chi connectivity index (χ0v) is 6.34. The molecular formula is C2H9B2O4P. The molecule has 0 rings (SSSR count). The van der Waals surface area contributed by atoms with Gasteiger partial charge in [0.1, 0.15) is 15.7 Å². The smallest absolute Gasteiger partial charge is 0.303 e. The molecule has 0 aromatic carbocycles. The summed E-state index contributed by atoms with van der Waals surface area (Å²) in [4.78, 5) is 16.4. The van der Waals surface area contributed by atoms with Crippen molar-refractivity contribution in [1.82, 2.24) is 0 Å². The molecule has 1 atom stereocenters. The summed E-state index contributed by atoms with van der Waals surface area (Å²) >= 11 is 0. The van der Waals surface area contributed by atoms with Crippen LogP contribution in [0.1, 0.15) is 0 Å². The van der Waals surface area contributed by atoms with Gasteiger partial charge < -0.3 is 9.79 Å². The van der Waals surface area contributed by atoms with E-state index in [1.165, 1.54) is 0 Å². The highest BCUT2D eigenvalue weighted by Gasteiger charge is 2.16. The number of hydrogen-bond donors (Lipinski definition) is 2. The third kappa shape index (κ3) is 6.12.